The lowest BCUT2D eigenvalue weighted by Crippen LogP contribution is -2.09. The van der Waals surface area contributed by atoms with E-state index in [1.807, 2.05) is 31.2 Å². The number of nitrogens with zero attached hydrogens (tertiary/aromatic N) is 2. The first-order valence-electron chi connectivity index (χ1n) is 9.65. The third-order valence-electron chi connectivity index (χ3n) is 5.04. The van der Waals surface area contributed by atoms with Gasteiger partial charge in [-0.1, -0.05) is 18.2 Å². The molecular formula is C22H24N4O4. The van der Waals surface area contributed by atoms with Crippen molar-refractivity contribution in [2.24, 2.45) is 0 Å². The van der Waals surface area contributed by atoms with Crippen molar-refractivity contribution in [1.82, 2.24) is 14.8 Å². The highest BCUT2D eigenvalue weighted by Gasteiger charge is 2.20. The molecule has 3 N–H and O–H groups in total. The van der Waals surface area contributed by atoms with Gasteiger partial charge in [0.25, 0.3) is 5.56 Å². The predicted octanol–water partition coefficient (Wildman–Crippen LogP) is 3.18. The summed E-state index contributed by atoms with van der Waals surface area (Å²) in [4.78, 5) is 15.8. The number of ether oxygens (including phenoxy) is 3. The average molecular weight is 408 g/mol. The Balaban J connectivity index is 1.98. The maximum Gasteiger partial charge on any atom is 0.261 e. The molecule has 8 nitrogen and oxygen atoms in total. The summed E-state index contributed by atoms with van der Waals surface area (Å²) < 4.78 is 18.1. The first kappa shape index (κ1) is 19.8. The third-order valence-corrected chi connectivity index (χ3v) is 5.04. The molecule has 30 heavy (non-hydrogen) atoms. The number of aromatic nitrogens is 3. The van der Waals surface area contributed by atoms with Gasteiger partial charge in [0.1, 0.15) is 28.2 Å². The number of anilines is 1. The van der Waals surface area contributed by atoms with E-state index in [0.29, 0.717) is 46.5 Å². The van der Waals surface area contributed by atoms with Gasteiger partial charge in [0.05, 0.1) is 30.3 Å². The second-order valence-corrected chi connectivity index (χ2v) is 7.00. The molecule has 0 amide bonds. The molecule has 0 aliphatic carbocycles. The minimum absolute atomic E-state index is 0.281. The maximum absolute atomic E-state index is 12.9. The Bertz CT molecular complexity index is 1280. The van der Waals surface area contributed by atoms with Crippen molar-refractivity contribution >= 4 is 27.6 Å². The number of nitrogen functional groups attached to an aromatic ring is 1. The van der Waals surface area contributed by atoms with E-state index in [9.17, 15) is 4.79 Å². The number of rotatable bonds is 7. The SMILES string of the molecule is COCCCOc1cc(OC)cc2[nH]c(=O)c3c(N)n(-c4ccccc4C)nc3c12. The molecule has 2 heterocycles. The van der Waals surface area contributed by atoms with E-state index in [2.05, 4.69) is 4.98 Å². The summed E-state index contributed by atoms with van der Waals surface area (Å²) in [5, 5.41) is 5.73. The lowest BCUT2D eigenvalue weighted by molar-refractivity contribution is 0.172. The molecule has 156 valence electrons. The predicted molar refractivity (Wildman–Crippen MR) is 117 cm³/mol. The highest BCUT2D eigenvalue weighted by molar-refractivity contribution is 6.10. The minimum atomic E-state index is -0.312. The van der Waals surface area contributed by atoms with Gasteiger partial charge in [-0.3, -0.25) is 4.79 Å². The average Bonchev–Trinajstić information content (AvgIpc) is 3.08. The molecular weight excluding hydrogens is 384 g/mol. The van der Waals surface area contributed by atoms with Crippen LogP contribution in [0.25, 0.3) is 27.5 Å². The van der Waals surface area contributed by atoms with E-state index in [0.717, 1.165) is 17.7 Å². The van der Waals surface area contributed by atoms with Crippen LogP contribution in [0.5, 0.6) is 11.5 Å². The van der Waals surface area contributed by atoms with Crippen LogP contribution in [-0.2, 0) is 4.74 Å². The van der Waals surface area contributed by atoms with Gasteiger partial charge in [-0.25, -0.2) is 4.68 Å². The van der Waals surface area contributed by atoms with Gasteiger partial charge in [0.15, 0.2) is 0 Å². The van der Waals surface area contributed by atoms with Gasteiger partial charge in [0, 0.05) is 32.3 Å². The number of aromatic amines is 1. The molecule has 0 aliphatic heterocycles. The molecule has 0 unspecified atom stereocenters. The van der Waals surface area contributed by atoms with Crippen molar-refractivity contribution in [2.75, 3.05) is 33.2 Å². The smallest absolute Gasteiger partial charge is 0.261 e. The quantitative estimate of drug-likeness (QED) is 0.455. The fraction of sp³-hybridized carbons (Fsp3) is 0.273. The van der Waals surface area contributed by atoms with Crippen molar-refractivity contribution in [3.8, 4) is 17.2 Å². The van der Waals surface area contributed by atoms with Crippen LogP contribution < -0.4 is 20.8 Å². The van der Waals surface area contributed by atoms with Gasteiger partial charge in [0.2, 0.25) is 0 Å². The Morgan fingerprint density at radius 1 is 1.13 bits per heavy atom. The van der Waals surface area contributed by atoms with Crippen molar-refractivity contribution in [2.45, 2.75) is 13.3 Å². The number of fused-ring (bicyclic) bond motifs is 3. The van der Waals surface area contributed by atoms with Gasteiger partial charge < -0.3 is 24.9 Å². The van der Waals surface area contributed by atoms with Crippen LogP contribution in [0.2, 0.25) is 0 Å². The van der Waals surface area contributed by atoms with E-state index in [-0.39, 0.29) is 11.4 Å². The van der Waals surface area contributed by atoms with E-state index in [4.69, 9.17) is 25.0 Å². The molecule has 2 aromatic heterocycles. The Kier molecular flexibility index (Phi) is 5.33. The van der Waals surface area contributed by atoms with Crippen LogP contribution in [0.4, 0.5) is 5.82 Å². The van der Waals surface area contributed by atoms with Crippen molar-refractivity contribution in [1.29, 1.82) is 0 Å². The van der Waals surface area contributed by atoms with E-state index in [1.54, 1.807) is 31.0 Å². The molecule has 0 saturated carbocycles. The van der Waals surface area contributed by atoms with Crippen LogP contribution in [0.1, 0.15) is 12.0 Å². The zero-order chi connectivity index (χ0) is 21.3. The zero-order valence-corrected chi connectivity index (χ0v) is 17.2. The number of hydrogen-bond donors (Lipinski definition) is 2. The summed E-state index contributed by atoms with van der Waals surface area (Å²) in [5.41, 5.74) is 8.93. The van der Waals surface area contributed by atoms with Crippen LogP contribution >= 0.6 is 0 Å². The molecule has 0 saturated heterocycles. The second-order valence-electron chi connectivity index (χ2n) is 7.00. The third kappa shape index (κ3) is 3.35. The van der Waals surface area contributed by atoms with Gasteiger partial charge in [-0.2, -0.15) is 5.10 Å². The fourth-order valence-electron chi connectivity index (χ4n) is 3.55. The number of nitrogens with two attached hydrogens (primary N) is 1. The Morgan fingerprint density at radius 2 is 1.93 bits per heavy atom. The van der Waals surface area contributed by atoms with Crippen LogP contribution in [-0.4, -0.2) is 42.2 Å². The number of nitrogens with one attached hydrogen (secondary N) is 1. The van der Waals surface area contributed by atoms with Crippen LogP contribution in [0.3, 0.4) is 0 Å². The number of methoxy groups -OCH3 is 2. The highest BCUT2D eigenvalue weighted by atomic mass is 16.5. The van der Waals surface area contributed by atoms with E-state index < -0.39 is 0 Å². The molecule has 0 spiro atoms. The fourth-order valence-corrected chi connectivity index (χ4v) is 3.55. The monoisotopic (exact) mass is 408 g/mol. The number of aryl methyl sites for hydroxylation is 1. The molecule has 2 aromatic carbocycles. The minimum Gasteiger partial charge on any atom is -0.497 e. The van der Waals surface area contributed by atoms with Crippen molar-refractivity contribution in [3.63, 3.8) is 0 Å². The Hall–Kier alpha value is -3.52. The molecule has 0 bridgehead atoms. The van der Waals surface area contributed by atoms with Crippen molar-refractivity contribution < 1.29 is 14.2 Å². The van der Waals surface area contributed by atoms with Crippen molar-refractivity contribution in [3.05, 3.63) is 52.3 Å². The summed E-state index contributed by atoms with van der Waals surface area (Å²) in [6, 6.07) is 11.3. The number of hydrogen-bond acceptors (Lipinski definition) is 6. The number of H-pyrrole nitrogens is 1. The molecule has 0 fully saturated rings. The first-order valence-corrected chi connectivity index (χ1v) is 9.65. The molecule has 8 heteroatoms. The van der Waals surface area contributed by atoms with E-state index >= 15 is 0 Å². The normalized spacial score (nSPS) is 11.3. The first-order chi connectivity index (χ1) is 14.5. The van der Waals surface area contributed by atoms with Gasteiger partial charge in [-0.05, 0) is 18.6 Å². The summed E-state index contributed by atoms with van der Waals surface area (Å²) in [6.45, 7) is 3.01. The number of para-hydroxylation sites is 1. The zero-order valence-electron chi connectivity index (χ0n) is 17.2. The molecule has 0 radical (unpaired) electrons. The van der Waals surface area contributed by atoms with E-state index in [1.165, 1.54) is 0 Å². The topological polar surface area (TPSA) is 104 Å². The lowest BCUT2D eigenvalue weighted by Gasteiger charge is -2.11. The standard InChI is InChI=1S/C22H24N4O4/c1-13-7-4-5-8-16(13)26-21(23)19-20(25-26)18-15(24-22(19)27)11-14(29-3)12-17(18)30-10-6-9-28-2/h4-5,7-8,11-12H,6,9-10,23H2,1-3H3,(H,24,27). The molecule has 0 atom stereocenters. The highest BCUT2D eigenvalue weighted by Crippen LogP contribution is 2.36. The van der Waals surface area contributed by atoms with Crippen LogP contribution in [0, 0.1) is 6.92 Å². The summed E-state index contributed by atoms with van der Waals surface area (Å²) in [7, 11) is 3.22. The van der Waals surface area contributed by atoms with Crippen LogP contribution in [0.15, 0.2) is 41.2 Å². The second kappa shape index (κ2) is 8.08. The number of pyridine rings is 1. The largest absolute Gasteiger partial charge is 0.497 e. The van der Waals surface area contributed by atoms with Gasteiger partial charge >= 0.3 is 0 Å². The molecule has 4 aromatic rings. The Morgan fingerprint density at radius 3 is 2.67 bits per heavy atom. The lowest BCUT2D eigenvalue weighted by atomic mass is 10.1. The van der Waals surface area contributed by atoms with Gasteiger partial charge in [-0.15, -0.1) is 0 Å². The summed E-state index contributed by atoms with van der Waals surface area (Å²) in [5.74, 6) is 1.42. The molecule has 4 rings (SSSR count). The number of benzene rings is 2. The summed E-state index contributed by atoms with van der Waals surface area (Å²) >= 11 is 0. The summed E-state index contributed by atoms with van der Waals surface area (Å²) in [6.07, 6.45) is 0.724. The Labute approximate surface area is 173 Å². The molecule has 0 aliphatic rings. The maximum atomic E-state index is 12.9.